The average Bonchev–Trinajstić information content (AvgIpc) is 2.93. The number of aryl methyl sites for hydroxylation is 1. The van der Waals surface area contributed by atoms with Crippen molar-refractivity contribution < 1.29 is 14.0 Å². The number of hydrogen-bond acceptors (Lipinski definition) is 2. The van der Waals surface area contributed by atoms with Crippen molar-refractivity contribution in [1.82, 2.24) is 9.80 Å². The molecule has 1 saturated heterocycles. The number of halogens is 2. The summed E-state index contributed by atoms with van der Waals surface area (Å²) < 4.78 is 13.7. The van der Waals surface area contributed by atoms with Crippen LogP contribution < -0.4 is 5.32 Å². The van der Waals surface area contributed by atoms with Crippen LogP contribution in [0, 0.1) is 5.82 Å². The number of carbonyl (C=O) groups excluding carboxylic acids is 2. The Morgan fingerprint density at radius 3 is 2.54 bits per heavy atom. The second-order valence-electron chi connectivity index (χ2n) is 6.75. The molecule has 0 aromatic heterocycles. The van der Waals surface area contributed by atoms with Crippen molar-refractivity contribution in [1.29, 1.82) is 0 Å². The molecule has 3 rings (SSSR count). The molecule has 0 spiro atoms. The maximum atomic E-state index is 13.7. The molecule has 0 unspecified atom stereocenters. The first kappa shape index (κ1) is 20.1. The molecule has 2 aromatic rings. The van der Waals surface area contributed by atoms with E-state index in [-0.39, 0.29) is 24.2 Å². The van der Waals surface area contributed by atoms with E-state index in [1.165, 1.54) is 6.07 Å². The minimum Gasteiger partial charge on any atom is -0.341 e. The Hall–Kier alpha value is -2.60. The highest BCUT2D eigenvalue weighted by atomic mass is 35.5. The minimum absolute atomic E-state index is 0.0136. The number of benzene rings is 2. The molecule has 0 atom stereocenters. The van der Waals surface area contributed by atoms with Gasteiger partial charge in [0.25, 0.3) is 0 Å². The first-order chi connectivity index (χ1) is 13.5. The zero-order chi connectivity index (χ0) is 19.9. The van der Waals surface area contributed by atoms with Crippen LogP contribution >= 0.6 is 11.6 Å². The van der Waals surface area contributed by atoms with Gasteiger partial charge in [-0.1, -0.05) is 35.9 Å². The van der Waals surface area contributed by atoms with Gasteiger partial charge in [-0.05, 0) is 42.7 Å². The predicted octanol–water partition coefficient (Wildman–Crippen LogP) is 4.18. The van der Waals surface area contributed by atoms with Crippen LogP contribution in [-0.2, 0) is 11.2 Å². The molecule has 148 valence electrons. The van der Waals surface area contributed by atoms with E-state index < -0.39 is 0 Å². The van der Waals surface area contributed by atoms with Gasteiger partial charge in [-0.2, -0.15) is 0 Å². The average molecular weight is 404 g/mol. The third-order valence-corrected chi connectivity index (χ3v) is 5.01. The lowest BCUT2D eigenvalue weighted by molar-refractivity contribution is -0.131. The number of hydrogen-bond donors (Lipinski definition) is 1. The first-order valence-electron chi connectivity index (χ1n) is 9.35. The Balaban J connectivity index is 1.50. The molecule has 5 nitrogen and oxygen atoms in total. The van der Waals surface area contributed by atoms with Crippen molar-refractivity contribution in [2.24, 2.45) is 0 Å². The van der Waals surface area contributed by atoms with Gasteiger partial charge in [0.2, 0.25) is 5.91 Å². The van der Waals surface area contributed by atoms with Crippen LogP contribution in [0.5, 0.6) is 0 Å². The molecule has 2 aromatic carbocycles. The van der Waals surface area contributed by atoms with Crippen LogP contribution in [0.4, 0.5) is 14.9 Å². The van der Waals surface area contributed by atoms with E-state index in [2.05, 4.69) is 5.32 Å². The van der Waals surface area contributed by atoms with E-state index in [4.69, 9.17) is 11.6 Å². The fraction of sp³-hybridized carbons (Fsp3) is 0.333. The Morgan fingerprint density at radius 2 is 1.75 bits per heavy atom. The van der Waals surface area contributed by atoms with E-state index in [9.17, 15) is 14.0 Å². The summed E-state index contributed by atoms with van der Waals surface area (Å²) in [6.07, 6.45) is 1.34. The summed E-state index contributed by atoms with van der Waals surface area (Å²) in [5.74, 6) is -0.296. The largest absolute Gasteiger partial charge is 0.341 e. The lowest BCUT2D eigenvalue weighted by atomic mass is 10.1. The summed E-state index contributed by atoms with van der Waals surface area (Å²) in [5, 5.41) is 3.39. The fourth-order valence-electron chi connectivity index (χ4n) is 3.24. The van der Waals surface area contributed by atoms with Crippen LogP contribution in [0.1, 0.15) is 18.4 Å². The molecule has 0 aliphatic carbocycles. The van der Waals surface area contributed by atoms with Gasteiger partial charge in [0.1, 0.15) is 5.82 Å². The van der Waals surface area contributed by atoms with E-state index >= 15 is 0 Å². The Morgan fingerprint density at radius 1 is 1.00 bits per heavy atom. The molecular formula is C21H23ClFN3O2. The lowest BCUT2D eigenvalue weighted by Gasteiger charge is -2.22. The van der Waals surface area contributed by atoms with Crippen LogP contribution in [-0.4, -0.2) is 47.9 Å². The van der Waals surface area contributed by atoms with Crippen molar-refractivity contribution in [3.8, 4) is 0 Å². The van der Waals surface area contributed by atoms with Gasteiger partial charge in [0.05, 0.1) is 0 Å². The van der Waals surface area contributed by atoms with Gasteiger partial charge in [-0.25, -0.2) is 9.18 Å². The van der Waals surface area contributed by atoms with Crippen LogP contribution in [0.15, 0.2) is 48.5 Å². The van der Waals surface area contributed by atoms with Gasteiger partial charge >= 0.3 is 6.03 Å². The number of urea groups is 1. The summed E-state index contributed by atoms with van der Waals surface area (Å²) in [6.45, 7) is 2.09. The zero-order valence-corrected chi connectivity index (χ0v) is 16.3. The third-order valence-electron chi connectivity index (χ3n) is 4.78. The van der Waals surface area contributed by atoms with Crippen molar-refractivity contribution in [3.05, 3.63) is 64.9 Å². The number of carbonyl (C=O) groups is 2. The maximum absolute atomic E-state index is 13.7. The molecule has 7 heteroatoms. The smallest absolute Gasteiger partial charge is 0.321 e. The molecule has 1 aliphatic heterocycles. The molecule has 1 N–H and O–H groups in total. The second kappa shape index (κ2) is 9.55. The predicted molar refractivity (Wildman–Crippen MR) is 108 cm³/mol. The van der Waals surface area contributed by atoms with Crippen LogP contribution in [0.25, 0.3) is 0 Å². The summed E-state index contributed by atoms with van der Waals surface area (Å²) >= 11 is 5.95. The third kappa shape index (κ3) is 5.45. The highest BCUT2D eigenvalue weighted by molar-refractivity contribution is 6.30. The van der Waals surface area contributed by atoms with Gasteiger partial charge in [0.15, 0.2) is 0 Å². The molecule has 0 bridgehead atoms. The number of nitrogens with one attached hydrogen (secondary N) is 1. The summed E-state index contributed by atoms with van der Waals surface area (Å²) in [7, 11) is 0. The number of amides is 3. The zero-order valence-electron chi connectivity index (χ0n) is 15.5. The number of anilines is 1. The number of rotatable bonds is 4. The topological polar surface area (TPSA) is 52.7 Å². The maximum Gasteiger partial charge on any atom is 0.321 e. The van der Waals surface area contributed by atoms with E-state index in [0.717, 1.165) is 0 Å². The van der Waals surface area contributed by atoms with Gasteiger partial charge < -0.3 is 15.1 Å². The first-order valence-corrected chi connectivity index (χ1v) is 9.73. The van der Waals surface area contributed by atoms with Gasteiger partial charge in [-0.15, -0.1) is 0 Å². The van der Waals surface area contributed by atoms with Crippen molar-refractivity contribution >= 4 is 29.2 Å². The quantitative estimate of drug-likeness (QED) is 0.832. The van der Waals surface area contributed by atoms with Gasteiger partial charge in [-0.3, -0.25) is 4.79 Å². The molecule has 3 amide bonds. The fourth-order valence-corrected chi connectivity index (χ4v) is 3.43. The molecule has 1 heterocycles. The highest BCUT2D eigenvalue weighted by Crippen LogP contribution is 2.16. The van der Waals surface area contributed by atoms with E-state index in [0.29, 0.717) is 55.3 Å². The molecule has 28 heavy (non-hydrogen) atoms. The minimum atomic E-state index is -0.282. The summed E-state index contributed by atoms with van der Waals surface area (Å²) in [5.41, 5.74) is 1.19. The Bertz CT molecular complexity index is 846. The molecule has 0 saturated carbocycles. The van der Waals surface area contributed by atoms with Crippen LogP contribution in [0.3, 0.4) is 0 Å². The van der Waals surface area contributed by atoms with Crippen molar-refractivity contribution in [2.45, 2.75) is 19.3 Å². The molecule has 1 fully saturated rings. The van der Waals surface area contributed by atoms with Gasteiger partial charge in [0, 0.05) is 43.3 Å². The Kier molecular flexibility index (Phi) is 6.87. The molecule has 1 aliphatic rings. The lowest BCUT2D eigenvalue weighted by Crippen LogP contribution is -2.39. The number of nitrogens with zero attached hydrogens (tertiary/aromatic N) is 2. The standard InChI is InChI=1S/C21H23ClFN3O2/c22-17-6-3-7-18(15-17)24-21(28)26-12-4-11-25(13-14-26)20(27)10-9-16-5-1-2-8-19(16)23/h1-3,5-8,15H,4,9-14H2,(H,24,28). The van der Waals surface area contributed by atoms with E-state index in [1.807, 2.05) is 0 Å². The van der Waals surface area contributed by atoms with E-state index in [1.54, 1.807) is 52.3 Å². The summed E-state index contributed by atoms with van der Waals surface area (Å²) in [6, 6.07) is 13.3. The summed E-state index contributed by atoms with van der Waals surface area (Å²) in [4.78, 5) is 28.5. The monoisotopic (exact) mass is 403 g/mol. The molecule has 0 radical (unpaired) electrons. The SMILES string of the molecule is O=C(CCc1ccccc1F)N1CCCN(C(=O)Nc2cccc(Cl)c2)CC1. The normalized spacial score (nSPS) is 14.5. The molecular weight excluding hydrogens is 381 g/mol. The highest BCUT2D eigenvalue weighted by Gasteiger charge is 2.22. The van der Waals surface area contributed by atoms with Crippen molar-refractivity contribution in [3.63, 3.8) is 0 Å². The van der Waals surface area contributed by atoms with Crippen molar-refractivity contribution in [2.75, 3.05) is 31.5 Å². The Labute approximate surface area is 169 Å². The second-order valence-corrected chi connectivity index (χ2v) is 7.19. The van der Waals surface area contributed by atoms with Crippen LogP contribution in [0.2, 0.25) is 5.02 Å².